The number of carbonyl (C=O) groups is 4. The Hall–Kier alpha value is -2.22. The van der Waals surface area contributed by atoms with Crippen molar-refractivity contribution < 1.29 is 19.2 Å². The van der Waals surface area contributed by atoms with Gasteiger partial charge in [0.05, 0.1) is 16.5 Å². The van der Waals surface area contributed by atoms with Crippen LogP contribution in [-0.4, -0.2) is 60.6 Å². The Bertz CT molecular complexity index is 688. The number of thiophene rings is 1. The lowest BCUT2D eigenvalue weighted by Crippen LogP contribution is -2.61. The van der Waals surface area contributed by atoms with Gasteiger partial charge in [0, 0.05) is 44.4 Å². The molecule has 2 aliphatic rings. The highest BCUT2D eigenvalue weighted by Crippen LogP contribution is 2.38. The first-order chi connectivity index (χ1) is 10.3. The van der Waals surface area contributed by atoms with Crippen molar-refractivity contribution in [3.63, 3.8) is 0 Å². The Kier molecular flexibility index (Phi) is 3.28. The van der Waals surface area contributed by atoms with Crippen LogP contribution < -0.4 is 5.32 Å². The molecule has 1 spiro atoms. The van der Waals surface area contributed by atoms with Crippen LogP contribution in [-0.2, 0) is 9.59 Å². The number of nitrogens with one attached hydrogen (secondary N) is 1. The Morgan fingerprint density at radius 2 is 1.86 bits per heavy atom. The van der Waals surface area contributed by atoms with E-state index in [1.807, 2.05) is 0 Å². The monoisotopic (exact) mass is 321 g/mol. The van der Waals surface area contributed by atoms with Crippen LogP contribution in [0.2, 0.25) is 0 Å². The molecule has 8 heteroatoms. The zero-order chi connectivity index (χ0) is 16.1. The molecule has 0 radical (unpaired) electrons. The molecule has 4 amide bonds. The van der Waals surface area contributed by atoms with Gasteiger partial charge in [-0.15, -0.1) is 0 Å². The minimum absolute atomic E-state index is 0.128. The lowest BCUT2D eigenvalue weighted by atomic mass is 9.78. The molecule has 3 rings (SSSR count). The molecule has 2 aliphatic heterocycles. The number of carbonyl (C=O) groups excluding carboxylic acids is 4. The first-order valence-corrected chi connectivity index (χ1v) is 7.70. The first-order valence-electron chi connectivity index (χ1n) is 6.75. The molecule has 0 bridgehead atoms. The number of rotatable bonds is 2. The molecular formula is C14H15N3O4S. The van der Waals surface area contributed by atoms with Crippen LogP contribution in [0.4, 0.5) is 0 Å². The molecule has 7 nitrogen and oxygen atoms in total. The third-order valence-corrected chi connectivity index (χ3v) is 4.78. The maximum atomic E-state index is 12.5. The van der Waals surface area contributed by atoms with E-state index in [1.165, 1.54) is 21.1 Å². The quantitative estimate of drug-likeness (QED) is 0.773. The topological polar surface area (TPSA) is 86.8 Å². The predicted octanol–water partition coefficient (Wildman–Crippen LogP) is -0.0614. The minimum Gasteiger partial charge on any atom is -0.345 e. The van der Waals surface area contributed by atoms with E-state index in [-0.39, 0.29) is 43.1 Å². The van der Waals surface area contributed by atoms with Crippen molar-refractivity contribution in [1.82, 2.24) is 15.1 Å². The van der Waals surface area contributed by atoms with Crippen molar-refractivity contribution in [3.8, 4) is 0 Å². The molecule has 1 N–H and O–H groups in total. The summed E-state index contributed by atoms with van der Waals surface area (Å²) in [5.41, 5.74) is -0.0507. The summed E-state index contributed by atoms with van der Waals surface area (Å²) < 4.78 is 0. The van der Waals surface area contributed by atoms with Gasteiger partial charge in [0.25, 0.3) is 11.8 Å². The van der Waals surface area contributed by atoms with Gasteiger partial charge in [0.15, 0.2) is 0 Å². The van der Waals surface area contributed by atoms with E-state index in [0.717, 1.165) is 0 Å². The normalized spacial score (nSPS) is 19.1. The number of nitrogens with zero attached hydrogens (tertiary/aromatic N) is 2. The Balaban J connectivity index is 1.75. The molecule has 1 aromatic rings. The molecule has 0 aliphatic carbocycles. The first kappa shape index (κ1) is 14.7. The lowest BCUT2D eigenvalue weighted by Gasteiger charge is -2.45. The predicted molar refractivity (Wildman–Crippen MR) is 78.4 cm³/mol. The Morgan fingerprint density at radius 1 is 1.23 bits per heavy atom. The summed E-state index contributed by atoms with van der Waals surface area (Å²) in [4.78, 5) is 50.6. The fraction of sp³-hybridized carbons (Fsp3) is 0.429. The summed E-state index contributed by atoms with van der Waals surface area (Å²) in [6.45, 7) is 0.434. The molecule has 2 saturated heterocycles. The number of hydrogen-bond acceptors (Lipinski definition) is 5. The smallest absolute Gasteiger partial charge is 0.255 e. The average molecular weight is 321 g/mol. The Labute approximate surface area is 130 Å². The average Bonchev–Trinajstić information content (AvgIpc) is 2.99. The van der Waals surface area contributed by atoms with E-state index >= 15 is 0 Å². The fourth-order valence-electron chi connectivity index (χ4n) is 2.81. The second-order valence-electron chi connectivity index (χ2n) is 5.89. The highest BCUT2D eigenvalue weighted by atomic mass is 32.1. The van der Waals surface area contributed by atoms with Crippen molar-refractivity contribution in [2.24, 2.45) is 5.41 Å². The van der Waals surface area contributed by atoms with Gasteiger partial charge in [-0.2, -0.15) is 11.3 Å². The molecule has 1 aromatic heterocycles. The lowest BCUT2D eigenvalue weighted by molar-refractivity contribution is -0.134. The van der Waals surface area contributed by atoms with Gasteiger partial charge >= 0.3 is 0 Å². The molecule has 116 valence electrons. The zero-order valence-electron chi connectivity index (χ0n) is 12.2. The summed E-state index contributed by atoms with van der Waals surface area (Å²) in [5, 5.41) is 5.57. The van der Waals surface area contributed by atoms with Crippen LogP contribution >= 0.6 is 11.3 Å². The van der Waals surface area contributed by atoms with Gasteiger partial charge in [-0.25, -0.2) is 0 Å². The largest absolute Gasteiger partial charge is 0.345 e. The third kappa shape index (κ3) is 2.10. The summed E-state index contributed by atoms with van der Waals surface area (Å²) in [5.74, 6) is -1.11. The van der Waals surface area contributed by atoms with Gasteiger partial charge in [-0.1, -0.05) is 0 Å². The van der Waals surface area contributed by atoms with E-state index in [1.54, 1.807) is 24.9 Å². The van der Waals surface area contributed by atoms with Crippen molar-refractivity contribution in [2.75, 3.05) is 27.2 Å². The second kappa shape index (κ2) is 4.91. The zero-order valence-corrected chi connectivity index (χ0v) is 13.0. The van der Waals surface area contributed by atoms with Gasteiger partial charge in [0.2, 0.25) is 11.8 Å². The van der Waals surface area contributed by atoms with Gasteiger partial charge in [-0.05, 0) is 0 Å². The summed E-state index contributed by atoms with van der Waals surface area (Å²) in [7, 11) is 3.25. The third-order valence-electron chi connectivity index (χ3n) is 4.04. The van der Waals surface area contributed by atoms with Gasteiger partial charge < -0.3 is 9.80 Å². The van der Waals surface area contributed by atoms with Crippen molar-refractivity contribution >= 4 is 35.0 Å². The summed E-state index contributed by atoms with van der Waals surface area (Å²) >= 11 is 1.29. The van der Waals surface area contributed by atoms with E-state index in [0.29, 0.717) is 11.1 Å². The van der Waals surface area contributed by atoms with Crippen LogP contribution in [0.3, 0.4) is 0 Å². The molecule has 22 heavy (non-hydrogen) atoms. The number of imide groups is 1. The number of amides is 4. The van der Waals surface area contributed by atoms with Crippen LogP contribution in [0, 0.1) is 5.41 Å². The SMILES string of the molecule is CN(C)C(=O)c1cscc1C(=O)N1CC2(CC(=O)NC2=O)C1. The van der Waals surface area contributed by atoms with Gasteiger partial charge in [0.1, 0.15) is 0 Å². The van der Waals surface area contributed by atoms with Crippen LogP contribution in [0.25, 0.3) is 0 Å². The molecule has 0 unspecified atom stereocenters. The number of likely N-dealkylation sites (tertiary alicyclic amines) is 1. The van der Waals surface area contributed by atoms with Crippen molar-refractivity contribution in [1.29, 1.82) is 0 Å². The van der Waals surface area contributed by atoms with Crippen molar-refractivity contribution in [2.45, 2.75) is 6.42 Å². The molecule has 2 fully saturated rings. The van der Waals surface area contributed by atoms with Crippen molar-refractivity contribution in [3.05, 3.63) is 21.9 Å². The molecule has 0 atom stereocenters. The molecule has 0 saturated carbocycles. The maximum absolute atomic E-state index is 12.5. The van der Waals surface area contributed by atoms with Crippen LogP contribution in [0.5, 0.6) is 0 Å². The maximum Gasteiger partial charge on any atom is 0.255 e. The minimum atomic E-state index is -0.769. The highest BCUT2D eigenvalue weighted by molar-refractivity contribution is 7.08. The number of hydrogen-bond donors (Lipinski definition) is 1. The fourth-order valence-corrected chi connectivity index (χ4v) is 3.61. The molecule has 0 aromatic carbocycles. The summed E-state index contributed by atoms with van der Waals surface area (Å²) in [6, 6.07) is 0. The Morgan fingerprint density at radius 3 is 2.41 bits per heavy atom. The standard InChI is InChI=1S/C14H15N3O4S/c1-16(2)11(19)8-4-22-5-9(8)12(20)17-6-14(7-17)3-10(18)15-13(14)21/h4-5H,3,6-7H2,1-2H3,(H,15,18,21). The van der Waals surface area contributed by atoms with Crippen LogP contribution in [0.15, 0.2) is 10.8 Å². The molecular weight excluding hydrogens is 306 g/mol. The highest BCUT2D eigenvalue weighted by Gasteiger charge is 2.56. The van der Waals surface area contributed by atoms with Crippen LogP contribution in [0.1, 0.15) is 27.1 Å². The van der Waals surface area contributed by atoms with E-state index in [4.69, 9.17) is 0 Å². The van der Waals surface area contributed by atoms with Gasteiger partial charge in [-0.3, -0.25) is 24.5 Å². The van der Waals surface area contributed by atoms with E-state index in [2.05, 4.69) is 5.32 Å². The van der Waals surface area contributed by atoms with E-state index < -0.39 is 5.41 Å². The molecule has 3 heterocycles. The second-order valence-corrected chi connectivity index (χ2v) is 6.64. The summed E-state index contributed by atoms with van der Waals surface area (Å²) in [6.07, 6.45) is 0.128. The van der Waals surface area contributed by atoms with E-state index in [9.17, 15) is 19.2 Å².